The summed E-state index contributed by atoms with van der Waals surface area (Å²) in [7, 11) is 1.65. The largest absolute Gasteiger partial charge is 0.481 e. The number of aliphatic carboxylic acids is 1. The Kier molecular flexibility index (Phi) is 1.94. The number of carboxylic acid groups (broad SMARTS) is 1. The van der Waals surface area contributed by atoms with E-state index in [1.54, 1.807) is 7.05 Å². The number of rotatable bonds is 2. The molecule has 0 bridgehead atoms. The second-order valence-corrected chi connectivity index (χ2v) is 3.70. The maximum atomic E-state index is 11.6. The van der Waals surface area contributed by atoms with Crippen LogP contribution in [-0.2, 0) is 18.3 Å². The van der Waals surface area contributed by atoms with Crippen LogP contribution in [0.4, 0.5) is 0 Å². The molecule has 0 spiro atoms. The first-order valence-electron chi connectivity index (χ1n) is 4.59. The first-order valence-corrected chi connectivity index (χ1v) is 4.59. The number of H-pyrrole nitrogens is 1. The van der Waals surface area contributed by atoms with Gasteiger partial charge in [-0.05, 0) is 12.8 Å². The zero-order valence-corrected chi connectivity index (χ0v) is 7.91. The molecule has 5 heteroatoms. The number of carboxylic acids is 1. The number of aromatic nitrogens is 2. The summed E-state index contributed by atoms with van der Waals surface area (Å²) in [5.74, 6) is -0.946. The lowest BCUT2D eigenvalue weighted by atomic mass is 10.0. The van der Waals surface area contributed by atoms with Crippen molar-refractivity contribution in [1.29, 1.82) is 0 Å². The van der Waals surface area contributed by atoms with E-state index in [4.69, 9.17) is 5.11 Å². The van der Waals surface area contributed by atoms with E-state index >= 15 is 0 Å². The fraction of sp³-hybridized carbons (Fsp3) is 0.556. The molecule has 76 valence electrons. The maximum Gasteiger partial charge on any atom is 0.303 e. The normalized spacial score (nSPS) is 19.6. The third kappa shape index (κ3) is 1.25. The zero-order chi connectivity index (χ0) is 10.3. The van der Waals surface area contributed by atoms with Crippen LogP contribution in [0.1, 0.15) is 30.0 Å². The molecular weight excluding hydrogens is 184 g/mol. The Balaban J connectivity index is 2.37. The highest BCUT2D eigenvalue weighted by atomic mass is 16.4. The van der Waals surface area contributed by atoms with Crippen molar-refractivity contribution in [2.45, 2.75) is 25.2 Å². The van der Waals surface area contributed by atoms with Crippen LogP contribution in [0.25, 0.3) is 0 Å². The van der Waals surface area contributed by atoms with Crippen molar-refractivity contribution >= 4 is 5.97 Å². The minimum absolute atomic E-state index is 0.0556. The summed E-state index contributed by atoms with van der Waals surface area (Å²) in [6.07, 6.45) is 1.60. The molecule has 5 nitrogen and oxygen atoms in total. The highest BCUT2D eigenvalue weighted by molar-refractivity contribution is 5.68. The van der Waals surface area contributed by atoms with E-state index in [0.717, 1.165) is 18.5 Å². The van der Waals surface area contributed by atoms with Gasteiger partial charge in [-0.25, -0.2) is 0 Å². The van der Waals surface area contributed by atoms with Crippen molar-refractivity contribution < 1.29 is 9.90 Å². The summed E-state index contributed by atoms with van der Waals surface area (Å²) in [6.45, 7) is 0. The molecule has 0 saturated heterocycles. The van der Waals surface area contributed by atoms with Crippen LogP contribution in [-0.4, -0.2) is 20.9 Å². The number of aryl methyl sites for hydroxylation is 2. The minimum Gasteiger partial charge on any atom is -0.481 e. The molecule has 1 aliphatic rings. The number of hydrogen-bond acceptors (Lipinski definition) is 2. The van der Waals surface area contributed by atoms with Gasteiger partial charge in [0.2, 0.25) is 0 Å². The van der Waals surface area contributed by atoms with Crippen LogP contribution in [0.3, 0.4) is 0 Å². The molecule has 1 atom stereocenters. The summed E-state index contributed by atoms with van der Waals surface area (Å²) in [5, 5.41) is 11.6. The average molecular weight is 196 g/mol. The fourth-order valence-corrected chi connectivity index (χ4v) is 2.11. The zero-order valence-electron chi connectivity index (χ0n) is 7.91. The number of hydrogen-bond donors (Lipinski definition) is 2. The number of nitrogens with one attached hydrogen (secondary N) is 1. The molecule has 0 fully saturated rings. The molecular formula is C9H12N2O3. The molecule has 0 aliphatic heterocycles. The first-order chi connectivity index (χ1) is 6.59. The van der Waals surface area contributed by atoms with E-state index < -0.39 is 5.97 Å². The fourth-order valence-electron chi connectivity index (χ4n) is 2.11. The molecule has 14 heavy (non-hydrogen) atoms. The monoisotopic (exact) mass is 196 g/mol. The van der Waals surface area contributed by atoms with Gasteiger partial charge in [-0.15, -0.1) is 0 Å². The molecule has 1 unspecified atom stereocenters. The van der Waals surface area contributed by atoms with Crippen LogP contribution in [0.2, 0.25) is 0 Å². The van der Waals surface area contributed by atoms with Crippen molar-refractivity contribution in [2.24, 2.45) is 7.05 Å². The molecule has 1 aromatic heterocycles. The lowest BCUT2D eigenvalue weighted by Gasteiger charge is -2.03. The van der Waals surface area contributed by atoms with Gasteiger partial charge in [0.25, 0.3) is 5.56 Å². The molecule has 0 amide bonds. The Morgan fingerprint density at radius 3 is 3.07 bits per heavy atom. The maximum absolute atomic E-state index is 11.6. The second-order valence-electron chi connectivity index (χ2n) is 3.70. The van der Waals surface area contributed by atoms with Gasteiger partial charge < -0.3 is 5.11 Å². The van der Waals surface area contributed by atoms with Gasteiger partial charge in [0.05, 0.1) is 6.42 Å². The SMILES string of the molecule is Cn1[nH]c2c(c1=O)C(CC(=O)O)CC2. The smallest absolute Gasteiger partial charge is 0.303 e. The minimum atomic E-state index is -0.842. The van der Waals surface area contributed by atoms with Crippen molar-refractivity contribution in [2.75, 3.05) is 0 Å². The molecule has 1 aromatic rings. The van der Waals surface area contributed by atoms with Gasteiger partial charge >= 0.3 is 5.97 Å². The van der Waals surface area contributed by atoms with Crippen LogP contribution in [0.15, 0.2) is 4.79 Å². The number of fused-ring (bicyclic) bond motifs is 1. The Labute approximate surface area is 80.3 Å². The highest BCUT2D eigenvalue weighted by Crippen LogP contribution is 2.31. The summed E-state index contributed by atoms with van der Waals surface area (Å²) in [5.41, 5.74) is 1.50. The Morgan fingerprint density at radius 2 is 2.43 bits per heavy atom. The number of carbonyl (C=O) groups is 1. The lowest BCUT2D eigenvalue weighted by molar-refractivity contribution is -0.137. The first kappa shape index (κ1) is 9.05. The van der Waals surface area contributed by atoms with Gasteiger partial charge in [-0.2, -0.15) is 0 Å². The predicted molar refractivity (Wildman–Crippen MR) is 49.3 cm³/mol. The van der Waals surface area contributed by atoms with E-state index in [0.29, 0.717) is 5.56 Å². The van der Waals surface area contributed by atoms with Gasteiger partial charge in [-0.3, -0.25) is 19.4 Å². The lowest BCUT2D eigenvalue weighted by Crippen LogP contribution is -2.18. The molecule has 0 saturated carbocycles. The van der Waals surface area contributed by atoms with Crippen LogP contribution in [0, 0.1) is 0 Å². The van der Waals surface area contributed by atoms with Crippen LogP contribution < -0.4 is 5.56 Å². The van der Waals surface area contributed by atoms with E-state index in [1.165, 1.54) is 4.68 Å². The van der Waals surface area contributed by atoms with Crippen LogP contribution in [0.5, 0.6) is 0 Å². The third-order valence-electron chi connectivity index (χ3n) is 2.73. The van der Waals surface area contributed by atoms with E-state index in [-0.39, 0.29) is 17.9 Å². The summed E-state index contributed by atoms with van der Waals surface area (Å²) >= 11 is 0. The van der Waals surface area contributed by atoms with E-state index in [2.05, 4.69) is 5.10 Å². The molecule has 1 aliphatic carbocycles. The third-order valence-corrected chi connectivity index (χ3v) is 2.73. The van der Waals surface area contributed by atoms with E-state index in [1.807, 2.05) is 0 Å². The Hall–Kier alpha value is -1.52. The predicted octanol–water partition coefficient (Wildman–Crippen LogP) is 0.218. The summed E-state index contributed by atoms with van der Waals surface area (Å²) < 4.78 is 1.42. The van der Waals surface area contributed by atoms with Crippen molar-refractivity contribution in [3.8, 4) is 0 Å². The van der Waals surface area contributed by atoms with Crippen molar-refractivity contribution in [1.82, 2.24) is 9.78 Å². The summed E-state index contributed by atoms with van der Waals surface area (Å²) in [4.78, 5) is 22.2. The van der Waals surface area contributed by atoms with Gasteiger partial charge in [-0.1, -0.05) is 0 Å². The molecule has 0 radical (unpaired) electrons. The number of nitrogens with zero attached hydrogens (tertiary/aromatic N) is 1. The number of aromatic amines is 1. The van der Waals surface area contributed by atoms with Gasteiger partial charge in [0.15, 0.2) is 0 Å². The Bertz CT molecular complexity index is 430. The standard InChI is InChI=1S/C9H12N2O3/c1-11-9(14)8-5(4-7(12)13)2-3-6(8)10-11/h5,10H,2-4H2,1H3,(H,12,13). The highest BCUT2D eigenvalue weighted by Gasteiger charge is 2.29. The van der Waals surface area contributed by atoms with Crippen LogP contribution >= 0.6 is 0 Å². The second kappa shape index (κ2) is 3.01. The van der Waals surface area contributed by atoms with Gasteiger partial charge in [0, 0.05) is 24.2 Å². The summed E-state index contributed by atoms with van der Waals surface area (Å²) in [6, 6.07) is 0. The molecule has 2 N–H and O–H groups in total. The quantitative estimate of drug-likeness (QED) is 0.710. The average Bonchev–Trinajstić information content (AvgIpc) is 2.57. The molecule has 2 rings (SSSR count). The van der Waals surface area contributed by atoms with Crippen molar-refractivity contribution in [3.63, 3.8) is 0 Å². The van der Waals surface area contributed by atoms with Crippen molar-refractivity contribution in [3.05, 3.63) is 21.6 Å². The topological polar surface area (TPSA) is 75.1 Å². The van der Waals surface area contributed by atoms with Gasteiger partial charge in [0.1, 0.15) is 0 Å². The Morgan fingerprint density at radius 1 is 1.71 bits per heavy atom. The van der Waals surface area contributed by atoms with E-state index in [9.17, 15) is 9.59 Å². The molecule has 0 aromatic carbocycles. The molecule has 1 heterocycles.